The third-order valence-electron chi connectivity index (χ3n) is 2.00. The van der Waals surface area contributed by atoms with E-state index in [1.807, 2.05) is 0 Å². The van der Waals surface area contributed by atoms with E-state index in [9.17, 15) is 4.39 Å². The number of rotatable bonds is 3. The number of hydrogen-bond donors (Lipinski definition) is 2. The highest BCUT2D eigenvalue weighted by Gasteiger charge is 1.98. The molecule has 16 heavy (non-hydrogen) atoms. The molecule has 1 aromatic rings. The Morgan fingerprint density at radius 1 is 1.25 bits per heavy atom. The summed E-state index contributed by atoms with van der Waals surface area (Å²) in [4.78, 5) is 0. The minimum atomic E-state index is -0.279. The molecular formula is C13H13FO2. The highest BCUT2D eigenvalue weighted by atomic mass is 19.1. The lowest BCUT2D eigenvalue weighted by atomic mass is 10.1. The number of aliphatic hydroxyl groups is 2. The zero-order chi connectivity index (χ0) is 11.8. The van der Waals surface area contributed by atoms with Gasteiger partial charge in [0.2, 0.25) is 0 Å². The van der Waals surface area contributed by atoms with E-state index in [0.29, 0.717) is 6.42 Å². The maximum atomic E-state index is 12.6. The van der Waals surface area contributed by atoms with E-state index in [1.165, 1.54) is 12.1 Å². The second-order valence-electron chi connectivity index (χ2n) is 3.24. The minimum absolute atomic E-state index is 0.0997. The van der Waals surface area contributed by atoms with E-state index >= 15 is 0 Å². The molecule has 0 radical (unpaired) electrons. The van der Waals surface area contributed by atoms with Crippen molar-refractivity contribution in [2.45, 2.75) is 6.42 Å². The van der Waals surface area contributed by atoms with Crippen molar-refractivity contribution in [1.82, 2.24) is 0 Å². The number of allylic oxidation sites excluding steroid dienone is 1. The average molecular weight is 220 g/mol. The van der Waals surface area contributed by atoms with Crippen molar-refractivity contribution in [3.05, 3.63) is 47.3 Å². The minimum Gasteiger partial charge on any atom is -0.392 e. The maximum Gasteiger partial charge on any atom is 0.123 e. The monoisotopic (exact) mass is 220 g/mol. The molecule has 0 spiro atoms. The van der Waals surface area contributed by atoms with E-state index in [-0.39, 0.29) is 19.0 Å². The van der Waals surface area contributed by atoms with Crippen molar-refractivity contribution >= 4 is 0 Å². The Balaban J connectivity index is 2.70. The molecule has 1 rings (SSSR count). The summed E-state index contributed by atoms with van der Waals surface area (Å²) in [5, 5.41) is 17.5. The molecule has 0 aliphatic heterocycles. The summed E-state index contributed by atoms with van der Waals surface area (Å²) in [6.45, 7) is -0.302. The topological polar surface area (TPSA) is 40.5 Å². The Labute approximate surface area is 94.0 Å². The molecule has 0 saturated carbocycles. The SMILES string of the molecule is OCC#C/C=C(/CO)Cc1ccc(F)cc1. The van der Waals surface area contributed by atoms with Crippen molar-refractivity contribution in [2.24, 2.45) is 0 Å². The summed E-state index contributed by atoms with van der Waals surface area (Å²) in [7, 11) is 0. The van der Waals surface area contributed by atoms with Gasteiger partial charge in [-0.15, -0.1) is 0 Å². The van der Waals surface area contributed by atoms with Crippen LogP contribution in [0.2, 0.25) is 0 Å². The molecule has 1 aromatic carbocycles. The van der Waals surface area contributed by atoms with Gasteiger partial charge in [-0.05, 0) is 35.8 Å². The molecule has 2 N–H and O–H groups in total. The molecule has 0 heterocycles. The van der Waals surface area contributed by atoms with Gasteiger partial charge in [-0.3, -0.25) is 0 Å². The summed E-state index contributed by atoms with van der Waals surface area (Å²) >= 11 is 0. The van der Waals surface area contributed by atoms with Gasteiger partial charge in [0.1, 0.15) is 12.4 Å². The van der Waals surface area contributed by atoms with Gasteiger partial charge < -0.3 is 10.2 Å². The van der Waals surface area contributed by atoms with Crippen molar-refractivity contribution < 1.29 is 14.6 Å². The van der Waals surface area contributed by atoms with Gasteiger partial charge in [-0.2, -0.15) is 0 Å². The molecule has 0 amide bonds. The molecule has 0 atom stereocenters. The molecule has 0 unspecified atom stereocenters. The predicted octanol–water partition coefficient (Wildman–Crippen LogP) is 1.28. The molecule has 84 valence electrons. The summed E-state index contributed by atoms with van der Waals surface area (Å²) in [5.41, 5.74) is 1.64. The van der Waals surface area contributed by atoms with Crippen LogP contribution in [0.1, 0.15) is 5.56 Å². The first-order chi connectivity index (χ1) is 7.76. The highest BCUT2D eigenvalue weighted by molar-refractivity contribution is 5.28. The largest absolute Gasteiger partial charge is 0.392 e. The van der Waals surface area contributed by atoms with Crippen LogP contribution < -0.4 is 0 Å². The molecule has 0 saturated heterocycles. The first-order valence-corrected chi connectivity index (χ1v) is 4.88. The fourth-order valence-electron chi connectivity index (χ4n) is 1.22. The maximum absolute atomic E-state index is 12.6. The Morgan fingerprint density at radius 3 is 2.50 bits per heavy atom. The number of hydrogen-bond acceptors (Lipinski definition) is 2. The Bertz CT molecular complexity index is 410. The first kappa shape index (κ1) is 12.4. The summed E-state index contributed by atoms with van der Waals surface area (Å²) in [6.07, 6.45) is 2.09. The molecule has 0 aromatic heterocycles. The van der Waals surface area contributed by atoms with Crippen LogP contribution in [0.5, 0.6) is 0 Å². The van der Waals surface area contributed by atoms with E-state index in [1.54, 1.807) is 18.2 Å². The summed E-state index contributed by atoms with van der Waals surface area (Å²) < 4.78 is 12.6. The standard InChI is InChI=1S/C13H13FO2/c14-13-6-4-11(5-7-13)9-12(10-16)3-1-2-8-15/h3-7,15-16H,8-10H2/b12-3+. The van der Waals surface area contributed by atoms with Gasteiger partial charge in [0.25, 0.3) is 0 Å². The predicted molar refractivity (Wildman–Crippen MR) is 60.1 cm³/mol. The van der Waals surface area contributed by atoms with Crippen LogP contribution in [0.25, 0.3) is 0 Å². The lowest BCUT2D eigenvalue weighted by Gasteiger charge is -2.02. The Morgan fingerprint density at radius 2 is 1.94 bits per heavy atom. The van der Waals surface area contributed by atoms with Gasteiger partial charge in [-0.25, -0.2) is 4.39 Å². The van der Waals surface area contributed by atoms with Crippen LogP contribution in [-0.4, -0.2) is 23.4 Å². The van der Waals surface area contributed by atoms with Gasteiger partial charge in [0.05, 0.1) is 6.61 Å². The Kier molecular flexibility index (Phi) is 5.27. The van der Waals surface area contributed by atoms with Gasteiger partial charge in [0.15, 0.2) is 0 Å². The number of halogens is 1. The zero-order valence-electron chi connectivity index (χ0n) is 8.78. The fraction of sp³-hybridized carbons (Fsp3) is 0.231. The van der Waals surface area contributed by atoms with Gasteiger partial charge >= 0.3 is 0 Å². The van der Waals surface area contributed by atoms with E-state index in [2.05, 4.69) is 11.8 Å². The fourth-order valence-corrected chi connectivity index (χ4v) is 1.22. The first-order valence-electron chi connectivity index (χ1n) is 4.88. The second-order valence-corrected chi connectivity index (χ2v) is 3.24. The molecule has 0 bridgehead atoms. The highest BCUT2D eigenvalue weighted by Crippen LogP contribution is 2.08. The third kappa shape index (κ3) is 4.26. The lowest BCUT2D eigenvalue weighted by molar-refractivity contribution is 0.328. The van der Waals surface area contributed by atoms with Gasteiger partial charge in [0, 0.05) is 0 Å². The zero-order valence-corrected chi connectivity index (χ0v) is 8.78. The van der Waals surface area contributed by atoms with Crippen molar-refractivity contribution in [3.63, 3.8) is 0 Å². The van der Waals surface area contributed by atoms with E-state index < -0.39 is 0 Å². The average Bonchev–Trinajstić information content (AvgIpc) is 2.31. The van der Waals surface area contributed by atoms with Crippen LogP contribution in [0, 0.1) is 17.7 Å². The van der Waals surface area contributed by atoms with Crippen molar-refractivity contribution in [3.8, 4) is 11.8 Å². The number of aliphatic hydroxyl groups excluding tert-OH is 2. The number of benzene rings is 1. The van der Waals surface area contributed by atoms with Crippen LogP contribution in [-0.2, 0) is 6.42 Å². The Hall–Kier alpha value is -1.63. The lowest BCUT2D eigenvalue weighted by Crippen LogP contribution is -1.95. The van der Waals surface area contributed by atoms with Crippen molar-refractivity contribution in [1.29, 1.82) is 0 Å². The quantitative estimate of drug-likeness (QED) is 0.753. The van der Waals surface area contributed by atoms with E-state index in [0.717, 1.165) is 11.1 Å². The molecule has 0 fully saturated rings. The molecule has 0 aliphatic rings. The molecule has 2 nitrogen and oxygen atoms in total. The summed E-state index contributed by atoms with van der Waals surface area (Å²) in [6, 6.07) is 6.09. The smallest absolute Gasteiger partial charge is 0.123 e. The summed E-state index contributed by atoms with van der Waals surface area (Å²) in [5.74, 6) is 4.81. The molecular weight excluding hydrogens is 207 g/mol. The second kappa shape index (κ2) is 6.78. The van der Waals surface area contributed by atoms with Gasteiger partial charge in [-0.1, -0.05) is 24.0 Å². The van der Waals surface area contributed by atoms with Crippen LogP contribution in [0.3, 0.4) is 0 Å². The van der Waals surface area contributed by atoms with E-state index in [4.69, 9.17) is 10.2 Å². The molecule has 3 heteroatoms. The van der Waals surface area contributed by atoms with Crippen LogP contribution in [0.4, 0.5) is 4.39 Å². The van der Waals surface area contributed by atoms with Crippen molar-refractivity contribution in [2.75, 3.05) is 13.2 Å². The van der Waals surface area contributed by atoms with Crippen LogP contribution >= 0.6 is 0 Å². The van der Waals surface area contributed by atoms with Crippen LogP contribution in [0.15, 0.2) is 35.9 Å². The molecule has 0 aliphatic carbocycles. The normalized spacial score (nSPS) is 10.8. The third-order valence-corrected chi connectivity index (χ3v) is 2.00.